The standard InChI is InChI=1S/C13H17BrFNO/c1-2-11-9-17-6-5-16(11)13-4-3-10(8-14)7-12(13)15/h3-4,7,11H,2,5-6,8-9H2,1H3. The average molecular weight is 302 g/mol. The third-order valence-corrected chi connectivity index (χ3v) is 3.82. The third kappa shape index (κ3) is 2.80. The molecule has 0 aromatic heterocycles. The summed E-state index contributed by atoms with van der Waals surface area (Å²) in [6.07, 6.45) is 0.972. The van der Waals surface area contributed by atoms with Crippen molar-refractivity contribution in [3.63, 3.8) is 0 Å². The topological polar surface area (TPSA) is 12.5 Å². The first-order chi connectivity index (χ1) is 8.26. The van der Waals surface area contributed by atoms with Crippen LogP contribution in [0.1, 0.15) is 18.9 Å². The minimum absolute atomic E-state index is 0.137. The molecule has 1 saturated heterocycles. The highest BCUT2D eigenvalue weighted by Crippen LogP contribution is 2.26. The Kier molecular flexibility index (Phi) is 4.40. The molecule has 2 nitrogen and oxygen atoms in total. The molecule has 0 N–H and O–H groups in total. The molecule has 1 unspecified atom stereocenters. The minimum atomic E-state index is -0.137. The van der Waals surface area contributed by atoms with Crippen molar-refractivity contribution in [1.82, 2.24) is 0 Å². The molecule has 1 aliphatic heterocycles. The van der Waals surface area contributed by atoms with E-state index in [9.17, 15) is 4.39 Å². The Bertz CT molecular complexity index is 386. The smallest absolute Gasteiger partial charge is 0.146 e. The van der Waals surface area contributed by atoms with Crippen molar-refractivity contribution in [3.8, 4) is 0 Å². The van der Waals surface area contributed by atoms with Gasteiger partial charge in [-0.15, -0.1) is 0 Å². The fourth-order valence-corrected chi connectivity index (χ4v) is 2.53. The lowest BCUT2D eigenvalue weighted by molar-refractivity contribution is 0.0926. The first-order valence-electron chi connectivity index (χ1n) is 5.95. The Morgan fingerprint density at radius 2 is 2.35 bits per heavy atom. The average Bonchev–Trinajstić information content (AvgIpc) is 2.38. The van der Waals surface area contributed by atoms with E-state index >= 15 is 0 Å². The molecule has 1 fully saturated rings. The lowest BCUT2D eigenvalue weighted by Gasteiger charge is -2.37. The molecule has 1 atom stereocenters. The summed E-state index contributed by atoms with van der Waals surface area (Å²) < 4.78 is 19.5. The quantitative estimate of drug-likeness (QED) is 0.794. The lowest BCUT2D eigenvalue weighted by atomic mass is 10.1. The monoisotopic (exact) mass is 301 g/mol. The first kappa shape index (κ1) is 12.8. The van der Waals surface area contributed by atoms with Gasteiger partial charge < -0.3 is 9.64 Å². The van der Waals surface area contributed by atoms with E-state index in [1.807, 2.05) is 12.1 Å². The molecular formula is C13H17BrFNO. The number of nitrogens with zero attached hydrogens (tertiary/aromatic N) is 1. The molecular weight excluding hydrogens is 285 g/mol. The largest absolute Gasteiger partial charge is 0.377 e. The van der Waals surface area contributed by atoms with E-state index in [0.717, 1.165) is 18.5 Å². The van der Waals surface area contributed by atoms with E-state index in [1.165, 1.54) is 0 Å². The number of alkyl halides is 1. The van der Waals surface area contributed by atoms with Crippen molar-refractivity contribution in [2.24, 2.45) is 0 Å². The summed E-state index contributed by atoms with van der Waals surface area (Å²) in [7, 11) is 0. The lowest BCUT2D eigenvalue weighted by Crippen LogP contribution is -2.45. The van der Waals surface area contributed by atoms with Gasteiger partial charge in [0.2, 0.25) is 0 Å². The van der Waals surface area contributed by atoms with Crippen LogP contribution < -0.4 is 4.90 Å². The second-order valence-corrected chi connectivity index (χ2v) is 4.81. The van der Waals surface area contributed by atoms with Gasteiger partial charge in [-0.05, 0) is 24.1 Å². The van der Waals surface area contributed by atoms with E-state index in [4.69, 9.17) is 4.74 Å². The zero-order valence-corrected chi connectivity index (χ0v) is 11.5. The molecule has 94 valence electrons. The minimum Gasteiger partial charge on any atom is -0.377 e. The van der Waals surface area contributed by atoms with Gasteiger partial charge in [-0.2, -0.15) is 0 Å². The van der Waals surface area contributed by atoms with Crippen LogP contribution in [0.25, 0.3) is 0 Å². The molecule has 4 heteroatoms. The maximum Gasteiger partial charge on any atom is 0.146 e. The highest BCUT2D eigenvalue weighted by molar-refractivity contribution is 9.08. The maximum absolute atomic E-state index is 14.0. The van der Waals surface area contributed by atoms with Gasteiger partial charge in [0.15, 0.2) is 0 Å². The number of halogens is 2. The van der Waals surface area contributed by atoms with Gasteiger partial charge in [0.1, 0.15) is 5.82 Å². The molecule has 0 radical (unpaired) electrons. The van der Waals surface area contributed by atoms with Crippen LogP contribution in [0, 0.1) is 5.82 Å². The van der Waals surface area contributed by atoms with Crippen molar-refractivity contribution < 1.29 is 9.13 Å². The van der Waals surface area contributed by atoms with Gasteiger partial charge in [-0.25, -0.2) is 4.39 Å². The summed E-state index contributed by atoms with van der Waals surface area (Å²) in [5.41, 5.74) is 1.66. The molecule has 1 heterocycles. The van der Waals surface area contributed by atoms with Crippen LogP contribution in [-0.4, -0.2) is 25.8 Å². The fourth-order valence-electron chi connectivity index (χ4n) is 2.18. The third-order valence-electron chi connectivity index (χ3n) is 3.17. The van der Waals surface area contributed by atoms with Crippen LogP contribution in [0.2, 0.25) is 0 Å². The van der Waals surface area contributed by atoms with Gasteiger partial charge >= 0.3 is 0 Å². The molecule has 1 aromatic carbocycles. The van der Waals surface area contributed by atoms with Crippen molar-refractivity contribution >= 4 is 21.6 Å². The van der Waals surface area contributed by atoms with Crippen molar-refractivity contribution in [2.45, 2.75) is 24.7 Å². The summed E-state index contributed by atoms with van der Waals surface area (Å²) in [6, 6.07) is 5.73. The number of rotatable bonds is 3. The van der Waals surface area contributed by atoms with E-state index < -0.39 is 0 Å². The Labute approximate surface area is 110 Å². The Hall–Kier alpha value is -0.610. The number of hydrogen-bond donors (Lipinski definition) is 0. The fraction of sp³-hybridized carbons (Fsp3) is 0.538. The van der Waals surface area contributed by atoms with Gasteiger partial charge in [0.25, 0.3) is 0 Å². The molecule has 0 spiro atoms. The number of ether oxygens (including phenoxy) is 1. The van der Waals surface area contributed by atoms with E-state index in [0.29, 0.717) is 24.2 Å². The number of morpholine rings is 1. The van der Waals surface area contributed by atoms with Crippen LogP contribution >= 0.6 is 15.9 Å². The molecule has 0 amide bonds. The van der Waals surface area contributed by atoms with Crippen LogP contribution in [0.15, 0.2) is 18.2 Å². The normalized spacial score (nSPS) is 20.6. The second-order valence-electron chi connectivity index (χ2n) is 4.25. The van der Waals surface area contributed by atoms with E-state index in [-0.39, 0.29) is 11.9 Å². The molecule has 0 aliphatic carbocycles. The number of hydrogen-bond acceptors (Lipinski definition) is 2. The molecule has 0 saturated carbocycles. The molecule has 1 aliphatic rings. The highest BCUT2D eigenvalue weighted by atomic mass is 79.9. The van der Waals surface area contributed by atoms with Crippen molar-refractivity contribution in [2.75, 3.05) is 24.7 Å². The zero-order chi connectivity index (χ0) is 12.3. The van der Waals surface area contributed by atoms with E-state index in [1.54, 1.807) is 6.07 Å². The molecule has 2 rings (SSSR count). The summed E-state index contributed by atoms with van der Waals surface area (Å²) in [6.45, 7) is 4.24. The van der Waals surface area contributed by atoms with Crippen molar-refractivity contribution in [3.05, 3.63) is 29.6 Å². The SMILES string of the molecule is CCC1COCCN1c1ccc(CBr)cc1F. The zero-order valence-electron chi connectivity index (χ0n) is 9.96. The van der Waals surface area contributed by atoms with Gasteiger partial charge in [-0.3, -0.25) is 0 Å². The number of anilines is 1. The van der Waals surface area contributed by atoms with Crippen LogP contribution in [-0.2, 0) is 10.1 Å². The summed E-state index contributed by atoms with van der Waals surface area (Å²) in [5.74, 6) is -0.137. The number of benzene rings is 1. The predicted octanol–water partition coefficient (Wildman–Crippen LogP) is 3.34. The predicted molar refractivity (Wildman–Crippen MR) is 71.3 cm³/mol. The van der Waals surface area contributed by atoms with Crippen LogP contribution in [0.5, 0.6) is 0 Å². The van der Waals surface area contributed by atoms with E-state index in [2.05, 4.69) is 27.8 Å². The summed E-state index contributed by atoms with van der Waals surface area (Å²) in [4.78, 5) is 2.12. The van der Waals surface area contributed by atoms with Crippen molar-refractivity contribution in [1.29, 1.82) is 0 Å². The summed E-state index contributed by atoms with van der Waals surface area (Å²) in [5, 5.41) is 0.685. The molecule has 17 heavy (non-hydrogen) atoms. The summed E-state index contributed by atoms with van der Waals surface area (Å²) >= 11 is 3.34. The molecule has 1 aromatic rings. The maximum atomic E-state index is 14.0. The Morgan fingerprint density at radius 3 is 3.00 bits per heavy atom. The molecule has 0 bridgehead atoms. The van der Waals surface area contributed by atoms with Crippen LogP contribution in [0.4, 0.5) is 10.1 Å². The van der Waals surface area contributed by atoms with Gasteiger partial charge in [-0.1, -0.05) is 28.9 Å². The second kappa shape index (κ2) is 5.83. The van der Waals surface area contributed by atoms with Crippen LogP contribution in [0.3, 0.4) is 0 Å². The first-order valence-corrected chi connectivity index (χ1v) is 7.07. The Balaban J connectivity index is 2.25. The van der Waals surface area contributed by atoms with Gasteiger partial charge in [0, 0.05) is 11.9 Å². The van der Waals surface area contributed by atoms with Gasteiger partial charge in [0.05, 0.1) is 24.9 Å². The Morgan fingerprint density at radius 1 is 1.53 bits per heavy atom. The highest BCUT2D eigenvalue weighted by Gasteiger charge is 2.23.